The van der Waals surface area contributed by atoms with E-state index in [0.29, 0.717) is 6.54 Å². The molecule has 5 heteroatoms. The number of methoxy groups -OCH3 is 1. The highest BCUT2D eigenvalue weighted by atomic mass is 35.5. The second-order valence-corrected chi connectivity index (χ2v) is 2.48. The molecule has 0 aliphatic carbocycles. The maximum Gasteiger partial charge on any atom is 0.334 e. The van der Waals surface area contributed by atoms with Gasteiger partial charge in [-0.2, -0.15) is 10.2 Å². The monoisotopic (exact) mass is 162 g/mol. The molecule has 0 radical (unpaired) electrons. The molecule has 0 fully saturated rings. The van der Waals surface area contributed by atoms with Crippen LogP contribution in [-0.4, -0.2) is 31.0 Å². The van der Waals surface area contributed by atoms with E-state index in [0.717, 1.165) is 0 Å². The zero-order chi connectivity index (χ0) is 7.56. The summed E-state index contributed by atoms with van der Waals surface area (Å²) in [6.45, 7) is 0.404. The third-order valence-electron chi connectivity index (χ3n) is 1.25. The minimum absolute atomic E-state index is 0.326. The highest BCUT2D eigenvalue weighted by Gasteiger charge is 2.31. The summed E-state index contributed by atoms with van der Waals surface area (Å²) in [6.07, 6.45) is 0. The molecular weight excluding hydrogens is 156 g/mol. The van der Waals surface area contributed by atoms with Crippen LogP contribution in [0.5, 0.6) is 0 Å². The van der Waals surface area contributed by atoms with Crippen molar-refractivity contribution in [3.8, 4) is 0 Å². The first kappa shape index (κ1) is 7.47. The van der Waals surface area contributed by atoms with E-state index < -0.39 is 12.0 Å². The lowest BCUT2D eigenvalue weighted by Gasteiger charge is -2.05. The fraction of sp³-hybridized carbons (Fsp3) is 0.800. The van der Waals surface area contributed by atoms with Crippen LogP contribution in [-0.2, 0) is 9.53 Å². The van der Waals surface area contributed by atoms with Gasteiger partial charge in [-0.1, -0.05) is 0 Å². The first-order valence-corrected chi connectivity index (χ1v) is 3.28. The summed E-state index contributed by atoms with van der Waals surface area (Å²) in [7, 11) is 1.31. The average Bonchev–Trinajstić information content (AvgIpc) is 2.34. The molecule has 4 nitrogen and oxygen atoms in total. The molecule has 1 rings (SSSR count). The van der Waals surface area contributed by atoms with E-state index >= 15 is 0 Å². The van der Waals surface area contributed by atoms with Gasteiger partial charge in [0.2, 0.25) is 0 Å². The first-order valence-electron chi connectivity index (χ1n) is 2.84. The fourth-order valence-corrected chi connectivity index (χ4v) is 0.916. The van der Waals surface area contributed by atoms with E-state index in [1.807, 2.05) is 0 Å². The number of hydrogen-bond acceptors (Lipinski definition) is 4. The number of ether oxygens (including phenoxy) is 1. The molecule has 1 aliphatic heterocycles. The molecule has 0 saturated carbocycles. The predicted octanol–water partition coefficient (Wildman–Crippen LogP) is 0.601. The summed E-state index contributed by atoms with van der Waals surface area (Å²) in [5, 5.41) is 6.89. The van der Waals surface area contributed by atoms with E-state index in [4.69, 9.17) is 11.6 Å². The molecular formula is C5H7ClN2O2. The number of esters is 1. The van der Waals surface area contributed by atoms with Crippen molar-refractivity contribution in [2.24, 2.45) is 10.2 Å². The molecule has 0 spiro atoms. The van der Waals surface area contributed by atoms with Crippen LogP contribution < -0.4 is 0 Å². The minimum Gasteiger partial charge on any atom is -0.467 e. The molecule has 0 saturated heterocycles. The van der Waals surface area contributed by atoms with Gasteiger partial charge in [0.1, 0.15) is 0 Å². The molecule has 56 valence electrons. The summed E-state index contributed by atoms with van der Waals surface area (Å²) in [5.74, 6) is -0.416. The Morgan fingerprint density at radius 3 is 2.90 bits per heavy atom. The summed E-state index contributed by atoms with van der Waals surface area (Å²) >= 11 is 5.66. The van der Waals surface area contributed by atoms with Crippen LogP contribution in [0.4, 0.5) is 0 Å². The maximum atomic E-state index is 10.8. The third-order valence-corrected chi connectivity index (χ3v) is 1.62. The van der Waals surface area contributed by atoms with Crippen molar-refractivity contribution in [1.82, 2.24) is 0 Å². The average molecular weight is 163 g/mol. The Morgan fingerprint density at radius 1 is 1.80 bits per heavy atom. The summed E-state index contributed by atoms with van der Waals surface area (Å²) < 4.78 is 4.43. The number of nitrogens with zero attached hydrogens (tertiary/aromatic N) is 2. The second kappa shape index (κ2) is 2.96. The lowest BCUT2D eigenvalue weighted by Crippen LogP contribution is -2.27. The van der Waals surface area contributed by atoms with E-state index in [9.17, 15) is 4.79 Å². The summed E-state index contributed by atoms with van der Waals surface area (Å²) in [4.78, 5) is 10.8. The smallest absolute Gasteiger partial charge is 0.334 e. The molecule has 0 bridgehead atoms. The molecule has 1 aliphatic rings. The van der Waals surface area contributed by atoms with Gasteiger partial charge in [-0.3, -0.25) is 0 Å². The number of rotatable bonds is 1. The van der Waals surface area contributed by atoms with Crippen molar-refractivity contribution in [2.75, 3.05) is 13.7 Å². The lowest BCUT2D eigenvalue weighted by molar-refractivity contribution is -0.141. The minimum atomic E-state index is -0.591. The van der Waals surface area contributed by atoms with Crippen molar-refractivity contribution in [3.63, 3.8) is 0 Å². The fourth-order valence-electron chi connectivity index (χ4n) is 0.701. The zero-order valence-corrected chi connectivity index (χ0v) is 6.21. The summed E-state index contributed by atoms with van der Waals surface area (Å²) in [6, 6.07) is -0.591. The molecule has 0 aromatic rings. The van der Waals surface area contributed by atoms with E-state index in [-0.39, 0.29) is 5.38 Å². The number of carbonyl (C=O) groups is 1. The van der Waals surface area contributed by atoms with Crippen LogP contribution in [0.2, 0.25) is 0 Å². The van der Waals surface area contributed by atoms with Crippen LogP contribution in [0.15, 0.2) is 10.2 Å². The maximum absolute atomic E-state index is 10.8. The van der Waals surface area contributed by atoms with E-state index in [2.05, 4.69) is 15.0 Å². The van der Waals surface area contributed by atoms with Crippen LogP contribution in [0.3, 0.4) is 0 Å². The zero-order valence-electron chi connectivity index (χ0n) is 5.45. The SMILES string of the molecule is COC(=O)C1N=NCC1Cl. The molecule has 0 N–H and O–H groups in total. The van der Waals surface area contributed by atoms with Crippen LogP contribution >= 0.6 is 11.6 Å². The first-order chi connectivity index (χ1) is 4.75. The standard InChI is InChI=1S/C5H7ClN2O2/c1-10-5(9)4-3(6)2-7-8-4/h3-4H,2H2,1H3. The molecule has 0 aromatic carbocycles. The van der Waals surface area contributed by atoms with Gasteiger partial charge in [0.05, 0.1) is 19.0 Å². The Hall–Kier alpha value is -0.640. The van der Waals surface area contributed by atoms with E-state index in [1.54, 1.807) is 0 Å². The number of halogens is 1. The summed E-state index contributed by atoms with van der Waals surface area (Å²) in [5.41, 5.74) is 0. The van der Waals surface area contributed by atoms with Gasteiger partial charge in [-0.25, -0.2) is 4.79 Å². The highest BCUT2D eigenvalue weighted by Crippen LogP contribution is 2.15. The largest absolute Gasteiger partial charge is 0.467 e. The number of hydrogen-bond donors (Lipinski definition) is 0. The van der Waals surface area contributed by atoms with Crippen molar-refractivity contribution in [3.05, 3.63) is 0 Å². The molecule has 0 aromatic heterocycles. The third kappa shape index (κ3) is 1.26. The van der Waals surface area contributed by atoms with Crippen molar-refractivity contribution in [1.29, 1.82) is 0 Å². The van der Waals surface area contributed by atoms with Crippen LogP contribution in [0.25, 0.3) is 0 Å². The van der Waals surface area contributed by atoms with Gasteiger partial charge in [0.15, 0.2) is 6.04 Å². The van der Waals surface area contributed by atoms with Gasteiger partial charge in [-0.15, -0.1) is 11.6 Å². The van der Waals surface area contributed by atoms with Gasteiger partial charge in [-0.05, 0) is 0 Å². The van der Waals surface area contributed by atoms with Crippen molar-refractivity contribution in [2.45, 2.75) is 11.4 Å². The molecule has 2 unspecified atom stereocenters. The van der Waals surface area contributed by atoms with Crippen LogP contribution in [0, 0.1) is 0 Å². The molecule has 1 heterocycles. The lowest BCUT2D eigenvalue weighted by atomic mass is 10.2. The Balaban J connectivity index is 2.55. The van der Waals surface area contributed by atoms with Crippen molar-refractivity contribution < 1.29 is 9.53 Å². The van der Waals surface area contributed by atoms with Crippen molar-refractivity contribution >= 4 is 17.6 Å². The molecule has 2 atom stereocenters. The Bertz CT molecular complexity index is 171. The number of alkyl halides is 1. The number of carbonyl (C=O) groups excluding carboxylic acids is 1. The quantitative estimate of drug-likeness (QED) is 0.419. The topological polar surface area (TPSA) is 51.0 Å². The second-order valence-electron chi connectivity index (χ2n) is 1.92. The number of azo groups is 1. The Morgan fingerprint density at radius 2 is 2.50 bits per heavy atom. The Kier molecular flexibility index (Phi) is 2.21. The van der Waals surface area contributed by atoms with E-state index in [1.165, 1.54) is 7.11 Å². The van der Waals surface area contributed by atoms with Crippen LogP contribution in [0.1, 0.15) is 0 Å². The Labute approximate surface area is 63.2 Å². The van der Waals surface area contributed by atoms with Gasteiger partial charge < -0.3 is 4.74 Å². The normalized spacial score (nSPS) is 30.6. The molecule has 10 heavy (non-hydrogen) atoms. The van der Waals surface area contributed by atoms with Gasteiger partial charge in [0.25, 0.3) is 0 Å². The predicted molar refractivity (Wildman–Crippen MR) is 35.2 cm³/mol. The van der Waals surface area contributed by atoms with Gasteiger partial charge >= 0.3 is 5.97 Å². The highest BCUT2D eigenvalue weighted by molar-refractivity contribution is 6.23. The van der Waals surface area contributed by atoms with Gasteiger partial charge in [0, 0.05) is 0 Å². The molecule has 0 amide bonds.